The van der Waals surface area contributed by atoms with Crippen molar-refractivity contribution in [3.63, 3.8) is 0 Å². The van der Waals surface area contributed by atoms with Crippen molar-refractivity contribution in [1.82, 2.24) is 4.98 Å². The Morgan fingerprint density at radius 3 is 3.10 bits per heavy atom. The van der Waals surface area contributed by atoms with Crippen LogP contribution in [0.2, 0.25) is 5.02 Å². The van der Waals surface area contributed by atoms with Crippen LogP contribution in [0.3, 0.4) is 0 Å². The van der Waals surface area contributed by atoms with E-state index in [1.165, 1.54) is 0 Å². The Morgan fingerprint density at radius 1 is 1.40 bits per heavy atom. The summed E-state index contributed by atoms with van der Waals surface area (Å²) >= 11 is 5.80. The summed E-state index contributed by atoms with van der Waals surface area (Å²) in [5.41, 5.74) is 0.590. The Balaban J connectivity index is 2.95. The summed E-state index contributed by atoms with van der Waals surface area (Å²) in [5, 5.41) is 1.54. The highest BCUT2D eigenvalue weighted by molar-refractivity contribution is 6.35. The molecule has 2 aromatic rings. The van der Waals surface area contributed by atoms with Crippen LogP contribution in [0.1, 0.15) is 0 Å². The van der Waals surface area contributed by atoms with Crippen LogP contribution in [0.4, 0.5) is 0 Å². The van der Waals surface area contributed by atoms with Crippen molar-refractivity contribution in [2.24, 2.45) is 0 Å². The van der Waals surface area contributed by atoms with Gasteiger partial charge in [0.2, 0.25) is 5.71 Å². The predicted octanol–water partition coefficient (Wildman–Crippen LogP) is 2.48. The molecule has 0 aliphatic rings. The first-order valence-corrected chi connectivity index (χ1v) is 3.23. The fraction of sp³-hybridized carbons (Fsp3) is 0. The predicted molar refractivity (Wildman–Crippen MR) is 39.0 cm³/mol. The molecule has 0 spiro atoms. The van der Waals surface area contributed by atoms with Gasteiger partial charge < -0.3 is 4.42 Å². The first kappa shape index (κ1) is 5.74. The number of rotatable bonds is 0. The topological polar surface area (TPSA) is 26.0 Å². The van der Waals surface area contributed by atoms with E-state index in [0.717, 1.165) is 5.39 Å². The van der Waals surface area contributed by atoms with Crippen LogP contribution in [0, 0.1) is 0 Å². The highest BCUT2D eigenvalue weighted by Gasteiger charge is 1.99. The monoisotopic (exact) mass is 153 g/mol. The lowest BCUT2D eigenvalue weighted by Gasteiger charge is -1.87. The van der Waals surface area contributed by atoms with Gasteiger partial charge in [-0.25, -0.2) is 4.98 Å². The van der Waals surface area contributed by atoms with Crippen molar-refractivity contribution in [3.05, 3.63) is 29.6 Å². The first-order valence-electron chi connectivity index (χ1n) is 2.85. The van der Waals surface area contributed by atoms with E-state index in [9.17, 15) is 0 Å². The summed E-state index contributed by atoms with van der Waals surface area (Å²) < 4.78 is 5.00. The summed E-state index contributed by atoms with van der Waals surface area (Å²) in [5.74, 6) is 0. The summed E-state index contributed by atoms with van der Waals surface area (Å²) in [6.45, 7) is 0. The Kier molecular flexibility index (Phi) is 1.14. The number of hydrogen-bond donors (Lipinski definition) is 0. The zero-order valence-corrected chi connectivity index (χ0v) is 5.80. The summed E-state index contributed by atoms with van der Waals surface area (Å²) in [7, 11) is 0. The van der Waals surface area contributed by atoms with Crippen molar-refractivity contribution in [1.29, 1.82) is 0 Å². The van der Waals surface area contributed by atoms with Gasteiger partial charge in [-0.05, 0) is 12.1 Å². The molecule has 0 aliphatic heterocycles. The van der Waals surface area contributed by atoms with E-state index < -0.39 is 0 Å². The van der Waals surface area contributed by atoms with Gasteiger partial charge in [0.25, 0.3) is 0 Å². The SMILES string of the molecule is Clc1ccnc2occc12. The van der Waals surface area contributed by atoms with E-state index >= 15 is 0 Å². The number of aromatic nitrogens is 1. The van der Waals surface area contributed by atoms with Gasteiger partial charge in [0.05, 0.1) is 16.7 Å². The van der Waals surface area contributed by atoms with Crippen molar-refractivity contribution < 1.29 is 4.42 Å². The number of hydrogen-bond acceptors (Lipinski definition) is 2. The van der Waals surface area contributed by atoms with Crippen molar-refractivity contribution in [2.45, 2.75) is 0 Å². The molecule has 2 aromatic heterocycles. The maximum atomic E-state index is 5.80. The van der Waals surface area contributed by atoms with Gasteiger partial charge in [0, 0.05) is 6.20 Å². The van der Waals surface area contributed by atoms with Gasteiger partial charge in [0.15, 0.2) is 0 Å². The van der Waals surface area contributed by atoms with Crippen LogP contribution >= 0.6 is 11.6 Å². The van der Waals surface area contributed by atoms with E-state index in [-0.39, 0.29) is 0 Å². The van der Waals surface area contributed by atoms with Crippen LogP contribution < -0.4 is 0 Å². The fourth-order valence-corrected chi connectivity index (χ4v) is 1.04. The molecule has 0 radical (unpaired) electrons. The van der Waals surface area contributed by atoms with E-state index in [2.05, 4.69) is 4.98 Å². The van der Waals surface area contributed by atoms with Gasteiger partial charge in [-0.1, -0.05) is 11.6 Å². The van der Waals surface area contributed by atoms with E-state index in [1.807, 2.05) is 0 Å². The number of fused-ring (bicyclic) bond motifs is 1. The molecular weight excluding hydrogens is 150 g/mol. The van der Waals surface area contributed by atoms with Crippen LogP contribution in [-0.2, 0) is 0 Å². The fourth-order valence-electron chi connectivity index (χ4n) is 0.843. The van der Waals surface area contributed by atoms with Crippen LogP contribution in [0.15, 0.2) is 29.0 Å². The number of pyridine rings is 1. The Bertz CT molecular complexity index is 355. The van der Waals surface area contributed by atoms with E-state index in [1.54, 1.807) is 24.6 Å². The molecule has 0 bridgehead atoms. The van der Waals surface area contributed by atoms with Crippen LogP contribution in [0.5, 0.6) is 0 Å². The van der Waals surface area contributed by atoms with Crippen molar-refractivity contribution in [2.75, 3.05) is 0 Å². The smallest absolute Gasteiger partial charge is 0.227 e. The molecule has 0 fully saturated rings. The molecule has 0 unspecified atom stereocenters. The molecule has 0 atom stereocenters. The normalized spacial score (nSPS) is 10.5. The molecule has 0 amide bonds. The number of nitrogens with zero attached hydrogens (tertiary/aromatic N) is 1. The zero-order valence-electron chi connectivity index (χ0n) is 5.04. The van der Waals surface area contributed by atoms with Gasteiger partial charge in [0.1, 0.15) is 0 Å². The lowest BCUT2D eigenvalue weighted by Crippen LogP contribution is -1.70. The summed E-state index contributed by atoms with van der Waals surface area (Å²) in [6, 6.07) is 3.53. The maximum absolute atomic E-state index is 5.80. The minimum absolute atomic E-state index is 0.590. The number of halogens is 1. The highest BCUT2D eigenvalue weighted by atomic mass is 35.5. The zero-order chi connectivity index (χ0) is 6.97. The molecule has 50 valence electrons. The Labute approximate surface area is 62.4 Å². The largest absolute Gasteiger partial charge is 0.446 e. The lowest BCUT2D eigenvalue weighted by atomic mass is 10.3. The minimum Gasteiger partial charge on any atom is -0.446 e. The molecule has 0 N–H and O–H groups in total. The molecule has 3 heteroatoms. The van der Waals surface area contributed by atoms with Crippen LogP contribution in [0.25, 0.3) is 11.1 Å². The summed E-state index contributed by atoms with van der Waals surface area (Å²) in [4.78, 5) is 3.95. The quantitative estimate of drug-likeness (QED) is 0.581. The molecular formula is C7H4ClNO. The minimum atomic E-state index is 0.590. The molecule has 0 aliphatic carbocycles. The second-order valence-electron chi connectivity index (χ2n) is 1.93. The number of furan rings is 1. The Hall–Kier alpha value is -1.02. The third-order valence-corrected chi connectivity index (χ3v) is 1.64. The third kappa shape index (κ3) is 0.693. The molecule has 10 heavy (non-hydrogen) atoms. The first-order chi connectivity index (χ1) is 4.88. The Morgan fingerprint density at radius 2 is 2.30 bits per heavy atom. The molecule has 2 rings (SSSR count). The van der Waals surface area contributed by atoms with E-state index in [4.69, 9.17) is 16.0 Å². The second-order valence-corrected chi connectivity index (χ2v) is 2.34. The van der Waals surface area contributed by atoms with Crippen LogP contribution in [-0.4, -0.2) is 4.98 Å². The molecule has 0 saturated carbocycles. The standard InChI is InChI=1S/C7H4ClNO/c8-6-1-3-9-7-5(6)2-4-10-7/h1-4H. The molecule has 2 heterocycles. The van der Waals surface area contributed by atoms with Gasteiger partial charge in [-0.3, -0.25) is 0 Å². The third-order valence-electron chi connectivity index (χ3n) is 1.31. The highest BCUT2D eigenvalue weighted by Crippen LogP contribution is 2.21. The van der Waals surface area contributed by atoms with Gasteiger partial charge >= 0.3 is 0 Å². The molecule has 0 saturated heterocycles. The average molecular weight is 154 g/mol. The summed E-state index contributed by atoms with van der Waals surface area (Å²) in [6.07, 6.45) is 3.19. The molecule has 2 nitrogen and oxygen atoms in total. The van der Waals surface area contributed by atoms with Crippen molar-refractivity contribution >= 4 is 22.7 Å². The van der Waals surface area contributed by atoms with Gasteiger partial charge in [-0.15, -0.1) is 0 Å². The average Bonchev–Trinajstić information content (AvgIpc) is 2.36. The molecule has 0 aromatic carbocycles. The second kappa shape index (κ2) is 1.99. The van der Waals surface area contributed by atoms with Crippen molar-refractivity contribution in [3.8, 4) is 0 Å². The van der Waals surface area contributed by atoms with E-state index in [0.29, 0.717) is 10.7 Å². The van der Waals surface area contributed by atoms with Gasteiger partial charge in [-0.2, -0.15) is 0 Å². The lowest BCUT2D eigenvalue weighted by molar-refractivity contribution is 0.603. The maximum Gasteiger partial charge on any atom is 0.227 e.